The minimum absolute atomic E-state index is 0.0687. The van der Waals surface area contributed by atoms with Crippen LogP contribution in [0.4, 0.5) is 21.6 Å². The summed E-state index contributed by atoms with van der Waals surface area (Å²) in [6, 6.07) is 6.57. The lowest BCUT2D eigenvalue weighted by atomic mass is 9.99. The summed E-state index contributed by atoms with van der Waals surface area (Å²) in [5.41, 5.74) is 2.70. The van der Waals surface area contributed by atoms with Crippen molar-refractivity contribution in [2.45, 2.75) is 31.8 Å². The summed E-state index contributed by atoms with van der Waals surface area (Å²) in [6.07, 6.45) is 4.96. The maximum atomic E-state index is 14.6. The first-order valence-corrected chi connectivity index (χ1v) is 11.6. The highest BCUT2D eigenvalue weighted by atomic mass is 19.1. The molecule has 1 aromatic heterocycles. The molecule has 2 fully saturated rings. The number of fused-ring (bicyclic) bond motifs is 3. The lowest BCUT2D eigenvalue weighted by Crippen LogP contribution is -2.51. The van der Waals surface area contributed by atoms with Crippen molar-refractivity contribution in [1.82, 2.24) is 15.2 Å². The van der Waals surface area contributed by atoms with Gasteiger partial charge in [0.25, 0.3) is 5.91 Å². The first-order valence-electron chi connectivity index (χ1n) is 11.6. The largest absolute Gasteiger partial charge is 0.367 e. The topological polar surface area (TPSA) is 80.8 Å². The van der Waals surface area contributed by atoms with Crippen molar-refractivity contribution in [3.05, 3.63) is 47.4 Å². The molecule has 3 aliphatic rings. The Labute approximate surface area is 192 Å². The van der Waals surface area contributed by atoms with E-state index in [0.29, 0.717) is 24.3 Å². The van der Waals surface area contributed by atoms with Gasteiger partial charge in [-0.2, -0.15) is 0 Å². The van der Waals surface area contributed by atoms with E-state index in [1.165, 1.54) is 13.1 Å². The van der Waals surface area contributed by atoms with Crippen LogP contribution in [0.5, 0.6) is 0 Å². The second kappa shape index (κ2) is 8.97. The molecular weight excluding hydrogens is 423 g/mol. The number of halogens is 1. The zero-order valence-electron chi connectivity index (χ0n) is 18.8. The summed E-state index contributed by atoms with van der Waals surface area (Å²) in [5.74, 6) is 0.272. The Balaban J connectivity index is 1.22. The molecule has 174 valence electrons. The van der Waals surface area contributed by atoms with Crippen LogP contribution in [0, 0.1) is 5.82 Å². The SMILES string of the molecule is CNC(=O)c1ccc(N2CCN(Cc3cnc4c(c3)NC(=O)[C@@H]3CCCCN43)CC2)c(F)c1. The number of hydrogen-bond donors (Lipinski definition) is 2. The Kier molecular flexibility index (Phi) is 5.88. The molecule has 5 rings (SSSR count). The number of aromatic nitrogens is 1. The number of carbonyl (C=O) groups excluding carboxylic acids is 2. The van der Waals surface area contributed by atoms with Gasteiger partial charge < -0.3 is 20.4 Å². The quantitative estimate of drug-likeness (QED) is 0.741. The number of carbonyl (C=O) groups is 2. The van der Waals surface area contributed by atoms with Crippen LogP contribution in [0.2, 0.25) is 0 Å². The Hall–Kier alpha value is -3.20. The molecule has 2 saturated heterocycles. The number of piperidine rings is 1. The van der Waals surface area contributed by atoms with Crippen molar-refractivity contribution >= 4 is 29.0 Å². The van der Waals surface area contributed by atoms with Gasteiger partial charge in [0, 0.05) is 58.1 Å². The molecule has 9 heteroatoms. The monoisotopic (exact) mass is 452 g/mol. The summed E-state index contributed by atoms with van der Waals surface area (Å²) in [4.78, 5) is 35.4. The van der Waals surface area contributed by atoms with E-state index in [-0.39, 0.29) is 23.7 Å². The molecule has 0 saturated carbocycles. The molecule has 0 spiro atoms. The van der Waals surface area contributed by atoms with E-state index in [0.717, 1.165) is 62.5 Å². The molecule has 2 aromatic rings. The van der Waals surface area contributed by atoms with Gasteiger partial charge in [-0.1, -0.05) is 0 Å². The van der Waals surface area contributed by atoms with Crippen molar-refractivity contribution in [3.63, 3.8) is 0 Å². The molecular formula is C24H29FN6O2. The summed E-state index contributed by atoms with van der Waals surface area (Å²) in [7, 11) is 1.53. The zero-order valence-corrected chi connectivity index (χ0v) is 18.8. The van der Waals surface area contributed by atoms with Gasteiger partial charge in [-0.05, 0) is 49.1 Å². The number of amides is 2. The molecule has 3 aliphatic heterocycles. The van der Waals surface area contributed by atoms with E-state index >= 15 is 0 Å². The van der Waals surface area contributed by atoms with Crippen LogP contribution in [-0.2, 0) is 11.3 Å². The third kappa shape index (κ3) is 4.25. The average molecular weight is 453 g/mol. The number of rotatable bonds is 4. The van der Waals surface area contributed by atoms with Crippen molar-refractivity contribution in [3.8, 4) is 0 Å². The molecule has 0 radical (unpaired) electrons. The standard InChI is InChI=1S/C24H29FN6O2/c1-26-23(32)17-5-6-20(18(25)13-17)30-10-8-29(9-11-30)15-16-12-19-22(27-14-16)31-7-3-2-4-21(31)24(33)28-19/h5-6,12-14,21H,2-4,7-11,15H2,1H3,(H,26,32)(H,28,33)/t21-/m0/s1. The van der Waals surface area contributed by atoms with Crippen molar-refractivity contribution in [1.29, 1.82) is 0 Å². The van der Waals surface area contributed by atoms with E-state index in [2.05, 4.69) is 20.4 Å². The molecule has 1 aromatic carbocycles. The lowest BCUT2D eigenvalue weighted by molar-refractivity contribution is -0.118. The molecule has 33 heavy (non-hydrogen) atoms. The predicted octanol–water partition coefficient (Wildman–Crippen LogP) is 2.21. The summed E-state index contributed by atoms with van der Waals surface area (Å²) in [6.45, 7) is 4.57. The third-order valence-corrected chi connectivity index (χ3v) is 6.81. The Morgan fingerprint density at radius 3 is 2.76 bits per heavy atom. The van der Waals surface area contributed by atoms with Gasteiger partial charge in [-0.25, -0.2) is 9.37 Å². The van der Waals surface area contributed by atoms with Gasteiger partial charge in [-0.3, -0.25) is 14.5 Å². The number of pyridine rings is 1. The van der Waals surface area contributed by atoms with Crippen molar-refractivity contribution < 1.29 is 14.0 Å². The summed E-state index contributed by atoms with van der Waals surface area (Å²) < 4.78 is 14.6. The molecule has 1 atom stereocenters. The zero-order chi connectivity index (χ0) is 22.9. The molecule has 0 unspecified atom stereocenters. The summed E-state index contributed by atoms with van der Waals surface area (Å²) >= 11 is 0. The minimum atomic E-state index is -0.379. The van der Waals surface area contributed by atoms with E-state index < -0.39 is 0 Å². The smallest absolute Gasteiger partial charge is 0.251 e. The minimum Gasteiger partial charge on any atom is -0.367 e. The van der Waals surface area contributed by atoms with Crippen LogP contribution >= 0.6 is 0 Å². The number of nitrogens with zero attached hydrogens (tertiary/aromatic N) is 4. The maximum absolute atomic E-state index is 14.6. The maximum Gasteiger partial charge on any atom is 0.251 e. The highest BCUT2D eigenvalue weighted by Gasteiger charge is 2.35. The van der Waals surface area contributed by atoms with E-state index in [1.807, 2.05) is 17.2 Å². The van der Waals surface area contributed by atoms with Crippen LogP contribution in [0.1, 0.15) is 35.2 Å². The molecule has 0 aliphatic carbocycles. The summed E-state index contributed by atoms with van der Waals surface area (Å²) in [5, 5.41) is 5.56. The number of benzene rings is 1. The van der Waals surface area contributed by atoms with E-state index in [4.69, 9.17) is 4.98 Å². The fraction of sp³-hybridized carbons (Fsp3) is 0.458. The van der Waals surface area contributed by atoms with E-state index in [9.17, 15) is 14.0 Å². The number of nitrogens with one attached hydrogen (secondary N) is 2. The average Bonchev–Trinajstić information content (AvgIpc) is 2.84. The Morgan fingerprint density at radius 1 is 1.18 bits per heavy atom. The first kappa shape index (κ1) is 21.6. The van der Waals surface area contributed by atoms with E-state index in [1.54, 1.807) is 12.1 Å². The van der Waals surface area contributed by atoms with Gasteiger partial charge in [-0.15, -0.1) is 0 Å². The van der Waals surface area contributed by atoms with Gasteiger partial charge in [0.05, 0.1) is 11.4 Å². The van der Waals surface area contributed by atoms with Crippen molar-refractivity contribution in [2.24, 2.45) is 0 Å². The van der Waals surface area contributed by atoms with Gasteiger partial charge in [0.15, 0.2) is 5.82 Å². The fourth-order valence-electron chi connectivity index (χ4n) is 5.04. The number of anilines is 3. The second-order valence-corrected chi connectivity index (χ2v) is 8.92. The molecule has 0 bridgehead atoms. The molecule has 4 heterocycles. The fourth-order valence-corrected chi connectivity index (χ4v) is 5.04. The van der Waals surface area contributed by atoms with Crippen LogP contribution in [0.25, 0.3) is 0 Å². The second-order valence-electron chi connectivity index (χ2n) is 8.92. The van der Waals surface area contributed by atoms with Crippen LogP contribution in [-0.4, -0.2) is 67.5 Å². The third-order valence-electron chi connectivity index (χ3n) is 6.81. The number of hydrogen-bond acceptors (Lipinski definition) is 6. The highest BCUT2D eigenvalue weighted by molar-refractivity contribution is 6.03. The first-order chi connectivity index (χ1) is 16.0. The Morgan fingerprint density at radius 2 is 2.00 bits per heavy atom. The predicted molar refractivity (Wildman–Crippen MR) is 125 cm³/mol. The van der Waals surface area contributed by atoms with Crippen LogP contribution in [0.15, 0.2) is 30.5 Å². The number of piperazine rings is 1. The van der Waals surface area contributed by atoms with Gasteiger partial charge in [0.1, 0.15) is 11.9 Å². The normalized spacial score (nSPS) is 20.7. The van der Waals surface area contributed by atoms with Crippen molar-refractivity contribution in [2.75, 3.05) is 54.9 Å². The van der Waals surface area contributed by atoms with Gasteiger partial charge in [0.2, 0.25) is 5.91 Å². The highest BCUT2D eigenvalue weighted by Crippen LogP contribution is 2.34. The van der Waals surface area contributed by atoms with Gasteiger partial charge >= 0.3 is 0 Å². The molecule has 8 nitrogen and oxygen atoms in total. The van der Waals surface area contributed by atoms with Crippen LogP contribution < -0.4 is 20.4 Å². The Bertz CT molecular complexity index is 1070. The lowest BCUT2D eigenvalue weighted by Gasteiger charge is -2.40. The molecule has 2 N–H and O–H groups in total. The molecule has 2 amide bonds. The van der Waals surface area contributed by atoms with Crippen LogP contribution in [0.3, 0.4) is 0 Å².